The Morgan fingerprint density at radius 1 is 1.30 bits per heavy atom. The third-order valence-electron chi connectivity index (χ3n) is 2.80. The number of rotatable bonds is 3. The molecular weight excluding hydrogens is 126 g/mol. The molecule has 2 nitrogen and oxygen atoms in total. The highest BCUT2D eigenvalue weighted by Crippen LogP contribution is 2.46. The molecule has 2 fully saturated rings. The molecule has 0 unspecified atom stereocenters. The zero-order chi connectivity index (χ0) is 7.03. The smallest absolute Gasteiger partial charge is 0.0499 e. The molecule has 0 atom stereocenters. The molecule has 1 saturated heterocycles. The molecule has 10 heavy (non-hydrogen) atoms. The van der Waals surface area contributed by atoms with Gasteiger partial charge in [-0.15, -0.1) is 0 Å². The van der Waals surface area contributed by atoms with Crippen LogP contribution >= 0.6 is 0 Å². The molecule has 0 aromatic carbocycles. The van der Waals surface area contributed by atoms with E-state index in [0.29, 0.717) is 12.0 Å². The number of likely N-dealkylation sites (tertiary alicyclic amines) is 1. The van der Waals surface area contributed by atoms with Crippen molar-refractivity contribution in [3.63, 3.8) is 0 Å². The van der Waals surface area contributed by atoms with Crippen LogP contribution in [0.15, 0.2) is 0 Å². The van der Waals surface area contributed by atoms with Gasteiger partial charge in [-0.1, -0.05) is 0 Å². The molecule has 1 aliphatic heterocycles. The molecule has 2 rings (SSSR count). The summed E-state index contributed by atoms with van der Waals surface area (Å²) in [7, 11) is 0. The Kier molecular flexibility index (Phi) is 1.46. The van der Waals surface area contributed by atoms with Gasteiger partial charge in [0.05, 0.1) is 0 Å². The molecule has 58 valence electrons. The first-order chi connectivity index (χ1) is 4.85. The van der Waals surface area contributed by atoms with Crippen molar-refractivity contribution in [3.05, 3.63) is 0 Å². The molecule has 1 N–H and O–H groups in total. The van der Waals surface area contributed by atoms with E-state index in [9.17, 15) is 0 Å². The van der Waals surface area contributed by atoms with Gasteiger partial charge in [0.15, 0.2) is 0 Å². The number of nitrogens with zero attached hydrogens (tertiary/aromatic N) is 1. The summed E-state index contributed by atoms with van der Waals surface area (Å²) >= 11 is 0. The third-order valence-corrected chi connectivity index (χ3v) is 2.80. The molecule has 0 amide bonds. The largest absolute Gasteiger partial charge is 0.396 e. The lowest BCUT2D eigenvalue weighted by Gasteiger charge is -2.33. The van der Waals surface area contributed by atoms with Crippen molar-refractivity contribution in [1.29, 1.82) is 0 Å². The molecule has 1 aliphatic carbocycles. The van der Waals surface area contributed by atoms with E-state index in [1.165, 1.54) is 32.4 Å². The monoisotopic (exact) mass is 141 g/mol. The second-order valence-electron chi connectivity index (χ2n) is 3.79. The molecule has 0 aromatic rings. The van der Waals surface area contributed by atoms with Crippen LogP contribution in [-0.2, 0) is 0 Å². The summed E-state index contributed by atoms with van der Waals surface area (Å²) in [4.78, 5) is 2.45. The Labute approximate surface area is 61.8 Å². The van der Waals surface area contributed by atoms with Crippen LogP contribution in [0.5, 0.6) is 0 Å². The summed E-state index contributed by atoms with van der Waals surface area (Å²) in [5, 5.41) is 9.00. The van der Waals surface area contributed by atoms with E-state index >= 15 is 0 Å². The summed E-state index contributed by atoms with van der Waals surface area (Å²) < 4.78 is 0. The molecule has 1 saturated carbocycles. The van der Waals surface area contributed by atoms with Gasteiger partial charge >= 0.3 is 0 Å². The lowest BCUT2D eigenvalue weighted by atomic mass is 10.1. The van der Waals surface area contributed by atoms with Gasteiger partial charge in [0.2, 0.25) is 0 Å². The molecular formula is C8H15NO. The Morgan fingerprint density at radius 3 is 2.30 bits per heavy atom. The molecule has 0 radical (unpaired) electrons. The summed E-state index contributed by atoms with van der Waals surface area (Å²) in [6, 6.07) is 0. The van der Waals surface area contributed by atoms with Crippen LogP contribution in [0.1, 0.15) is 19.3 Å². The second-order valence-corrected chi connectivity index (χ2v) is 3.79. The van der Waals surface area contributed by atoms with Crippen molar-refractivity contribution in [2.24, 2.45) is 5.41 Å². The zero-order valence-corrected chi connectivity index (χ0v) is 6.34. The molecule has 0 aromatic heterocycles. The average Bonchev–Trinajstić information content (AvgIpc) is 2.60. The first kappa shape index (κ1) is 6.62. The van der Waals surface area contributed by atoms with Crippen LogP contribution in [0.25, 0.3) is 0 Å². The molecule has 2 heteroatoms. The van der Waals surface area contributed by atoms with Gasteiger partial charge in [-0.2, -0.15) is 0 Å². The maximum absolute atomic E-state index is 9.00. The van der Waals surface area contributed by atoms with Gasteiger partial charge in [0, 0.05) is 18.6 Å². The lowest BCUT2D eigenvalue weighted by molar-refractivity contribution is 0.107. The normalized spacial score (nSPS) is 29.7. The fourth-order valence-electron chi connectivity index (χ4n) is 1.56. The summed E-state index contributed by atoms with van der Waals surface area (Å²) in [6.45, 7) is 4.09. The van der Waals surface area contributed by atoms with Crippen molar-refractivity contribution in [3.8, 4) is 0 Å². The summed E-state index contributed by atoms with van der Waals surface area (Å²) in [6.07, 6.45) is 3.86. The number of hydrogen-bond acceptors (Lipinski definition) is 2. The number of hydrogen-bond donors (Lipinski definition) is 1. The van der Waals surface area contributed by atoms with Crippen LogP contribution in [0.3, 0.4) is 0 Å². The van der Waals surface area contributed by atoms with E-state index in [1.807, 2.05) is 0 Å². The van der Waals surface area contributed by atoms with Crippen molar-refractivity contribution < 1.29 is 5.11 Å². The van der Waals surface area contributed by atoms with E-state index in [1.54, 1.807) is 0 Å². The maximum atomic E-state index is 9.00. The minimum absolute atomic E-state index is 0.348. The van der Waals surface area contributed by atoms with Crippen molar-refractivity contribution in [2.45, 2.75) is 19.3 Å². The molecule has 1 heterocycles. The number of aliphatic hydroxyl groups excluding tert-OH is 1. The standard InChI is InChI=1S/C8H15NO/c10-7-8(2-3-8)6-9-4-1-5-9/h10H,1-7H2. The van der Waals surface area contributed by atoms with Gasteiger partial charge in [0.25, 0.3) is 0 Å². The maximum Gasteiger partial charge on any atom is 0.0499 e. The van der Waals surface area contributed by atoms with Crippen molar-refractivity contribution in [2.75, 3.05) is 26.2 Å². The highest BCUT2D eigenvalue weighted by atomic mass is 16.3. The van der Waals surface area contributed by atoms with E-state index in [-0.39, 0.29) is 0 Å². The lowest BCUT2D eigenvalue weighted by Crippen LogP contribution is -2.41. The van der Waals surface area contributed by atoms with Crippen LogP contribution in [-0.4, -0.2) is 36.2 Å². The minimum atomic E-state index is 0.348. The predicted octanol–water partition coefficient (Wildman–Crippen LogP) is 0.465. The molecule has 0 spiro atoms. The fourth-order valence-corrected chi connectivity index (χ4v) is 1.56. The Hall–Kier alpha value is -0.0800. The zero-order valence-electron chi connectivity index (χ0n) is 6.34. The van der Waals surface area contributed by atoms with Gasteiger partial charge in [0.1, 0.15) is 0 Å². The topological polar surface area (TPSA) is 23.5 Å². The van der Waals surface area contributed by atoms with E-state index < -0.39 is 0 Å². The van der Waals surface area contributed by atoms with Crippen LogP contribution < -0.4 is 0 Å². The third kappa shape index (κ3) is 1.06. The van der Waals surface area contributed by atoms with Crippen LogP contribution in [0.4, 0.5) is 0 Å². The van der Waals surface area contributed by atoms with Crippen LogP contribution in [0, 0.1) is 5.41 Å². The fraction of sp³-hybridized carbons (Fsp3) is 1.00. The highest BCUT2D eigenvalue weighted by Gasteiger charge is 2.43. The molecule has 2 aliphatic rings. The quantitative estimate of drug-likeness (QED) is 0.617. The van der Waals surface area contributed by atoms with Crippen molar-refractivity contribution >= 4 is 0 Å². The second kappa shape index (κ2) is 2.21. The van der Waals surface area contributed by atoms with E-state index in [0.717, 1.165) is 6.54 Å². The Balaban J connectivity index is 1.77. The van der Waals surface area contributed by atoms with E-state index in [4.69, 9.17) is 5.11 Å². The molecule has 0 bridgehead atoms. The Bertz CT molecular complexity index is 127. The first-order valence-electron chi connectivity index (χ1n) is 4.18. The van der Waals surface area contributed by atoms with Crippen LogP contribution in [0.2, 0.25) is 0 Å². The van der Waals surface area contributed by atoms with Gasteiger partial charge in [-0.05, 0) is 32.4 Å². The predicted molar refractivity (Wildman–Crippen MR) is 39.8 cm³/mol. The van der Waals surface area contributed by atoms with Gasteiger partial charge in [-0.25, -0.2) is 0 Å². The highest BCUT2D eigenvalue weighted by molar-refractivity contribution is 4.96. The minimum Gasteiger partial charge on any atom is -0.396 e. The summed E-state index contributed by atoms with van der Waals surface area (Å²) in [5.74, 6) is 0. The summed E-state index contributed by atoms with van der Waals surface area (Å²) in [5.41, 5.74) is 0.348. The van der Waals surface area contributed by atoms with Gasteiger partial charge in [-0.3, -0.25) is 0 Å². The number of aliphatic hydroxyl groups is 1. The SMILES string of the molecule is OCC1(CN2CCC2)CC1. The average molecular weight is 141 g/mol. The van der Waals surface area contributed by atoms with Crippen molar-refractivity contribution in [1.82, 2.24) is 4.90 Å². The van der Waals surface area contributed by atoms with E-state index in [2.05, 4.69) is 4.90 Å². The first-order valence-corrected chi connectivity index (χ1v) is 4.18. The Morgan fingerprint density at radius 2 is 2.00 bits per heavy atom. The van der Waals surface area contributed by atoms with Gasteiger partial charge < -0.3 is 10.0 Å².